The van der Waals surface area contributed by atoms with E-state index in [1.807, 2.05) is 20.8 Å². The van der Waals surface area contributed by atoms with Gasteiger partial charge >= 0.3 is 0 Å². The highest BCUT2D eigenvalue weighted by Crippen LogP contribution is 2.30. The number of hydrogen-bond acceptors (Lipinski definition) is 2. The maximum atomic E-state index is 13.2. The van der Waals surface area contributed by atoms with Gasteiger partial charge in [-0.15, -0.1) is 0 Å². The minimum atomic E-state index is -0.505. The predicted octanol–water partition coefficient (Wildman–Crippen LogP) is 7.04. The Morgan fingerprint density at radius 2 is 1.38 bits per heavy atom. The van der Waals surface area contributed by atoms with Gasteiger partial charge in [0, 0.05) is 17.4 Å². The van der Waals surface area contributed by atoms with Crippen LogP contribution in [0, 0.1) is 35.5 Å². The first-order chi connectivity index (χ1) is 13.5. The summed E-state index contributed by atoms with van der Waals surface area (Å²) in [5, 5.41) is 3.20. The van der Waals surface area contributed by atoms with Gasteiger partial charge in [0.05, 0.1) is 0 Å². The van der Waals surface area contributed by atoms with Crippen molar-refractivity contribution in [2.24, 2.45) is 35.5 Å². The van der Waals surface area contributed by atoms with Crippen molar-refractivity contribution in [1.29, 1.82) is 0 Å². The molecule has 29 heavy (non-hydrogen) atoms. The van der Waals surface area contributed by atoms with Crippen LogP contribution in [0.25, 0.3) is 0 Å². The van der Waals surface area contributed by atoms with Crippen molar-refractivity contribution >= 4 is 12.2 Å². The number of nitrogens with one attached hydrogen (secondary N) is 1. The number of rotatable bonds is 16. The molecule has 0 aromatic heterocycles. The van der Waals surface area contributed by atoms with Crippen LogP contribution in [0.2, 0.25) is 0 Å². The van der Waals surface area contributed by atoms with Gasteiger partial charge in [-0.05, 0) is 63.2 Å². The van der Waals surface area contributed by atoms with E-state index in [-0.39, 0.29) is 17.7 Å². The summed E-state index contributed by atoms with van der Waals surface area (Å²) < 4.78 is 0. The second kappa shape index (κ2) is 14.2. The highest BCUT2D eigenvalue weighted by Gasteiger charge is 2.32. The molecule has 1 amide bonds. The zero-order chi connectivity index (χ0) is 22.6. The molecule has 0 aliphatic heterocycles. The summed E-state index contributed by atoms with van der Waals surface area (Å²) in [5.41, 5.74) is -0.505. The summed E-state index contributed by atoms with van der Waals surface area (Å²) in [6.45, 7) is 19.5. The Bertz CT molecular complexity index is 460. The van der Waals surface area contributed by atoms with Gasteiger partial charge in [-0.3, -0.25) is 4.79 Å². The third-order valence-electron chi connectivity index (χ3n) is 6.89. The second-order valence-corrected chi connectivity index (χ2v) is 10.7. The summed E-state index contributed by atoms with van der Waals surface area (Å²) in [4.78, 5) is 24.5. The van der Waals surface area contributed by atoms with Crippen LogP contribution in [-0.4, -0.2) is 17.7 Å². The van der Waals surface area contributed by atoms with Crippen LogP contribution in [0.1, 0.15) is 114 Å². The third kappa shape index (κ3) is 11.8. The lowest BCUT2D eigenvalue weighted by Crippen LogP contribution is -2.51. The fourth-order valence-electron chi connectivity index (χ4n) is 4.39. The molecule has 0 aromatic rings. The highest BCUT2D eigenvalue weighted by atomic mass is 16.2. The number of carbonyl (C=O) groups is 2. The molecule has 0 saturated heterocycles. The molecule has 0 aliphatic rings. The van der Waals surface area contributed by atoms with E-state index in [9.17, 15) is 9.59 Å². The van der Waals surface area contributed by atoms with Crippen LogP contribution >= 0.6 is 0 Å². The summed E-state index contributed by atoms with van der Waals surface area (Å²) >= 11 is 0. The van der Waals surface area contributed by atoms with E-state index in [2.05, 4.69) is 46.9 Å². The van der Waals surface area contributed by atoms with Crippen molar-refractivity contribution in [3.8, 4) is 0 Å². The second-order valence-electron chi connectivity index (χ2n) is 10.7. The molecule has 3 heteroatoms. The molecule has 3 nitrogen and oxygen atoms in total. The summed E-state index contributed by atoms with van der Waals surface area (Å²) in [7, 11) is 0. The number of unbranched alkanes of at least 4 members (excludes halogenated alkanes) is 1. The average Bonchev–Trinajstić information content (AvgIpc) is 2.64. The van der Waals surface area contributed by atoms with E-state index in [4.69, 9.17) is 0 Å². The summed E-state index contributed by atoms with van der Waals surface area (Å²) in [5.74, 6) is 2.46. The van der Waals surface area contributed by atoms with Gasteiger partial charge in [0.25, 0.3) is 0 Å². The van der Waals surface area contributed by atoms with Gasteiger partial charge < -0.3 is 10.1 Å². The number of aldehydes is 1. The van der Waals surface area contributed by atoms with Gasteiger partial charge in [0.1, 0.15) is 6.29 Å². The summed E-state index contributed by atoms with van der Waals surface area (Å²) in [6.07, 6.45) is 10.2. The quantitative estimate of drug-likeness (QED) is 0.278. The van der Waals surface area contributed by atoms with Crippen molar-refractivity contribution in [3.05, 3.63) is 0 Å². The Balaban J connectivity index is 5.12. The first-order valence-corrected chi connectivity index (χ1v) is 12.2. The molecule has 0 aliphatic carbocycles. The van der Waals surface area contributed by atoms with E-state index in [1.165, 1.54) is 38.5 Å². The molecule has 0 rings (SSSR count). The zero-order valence-electron chi connectivity index (χ0n) is 21.0. The van der Waals surface area contributed by atoms with Crippen molar-refractivity contribution in [2.45, 2.75) is 119 Å². The number of hydrogen-bond donors (Lipinski definition) is 1. The standard InChI is InChI=1S/C26H51NO2/c1-10-12-13-20(4)15-22(6)17-24(16-21(5)14-19(3)11-2)25(29)27-26(8,9)23(7)18-28/h18-24H,10-17H2,1-9H3,(H,27,29). The average molecular weight is 410 g/mol. The molecule has 172 valence electrons. The van der Waals surface area contributed by atoms with Gasteiger partial charge in [-0.25, -0.2) is 0 Å². The van der Waals surface area contributed by atoms with Crippen LogP contribution in [0.5, 0.6) is 0 Å². The van der Waals surface area contributed by atoms with Gasteiger partial charge in [0.15, 0.2) is 0 Å². The molecule has 0 radical (unpaired) electrons. The molecule has 0 fully saturated rings. The van der Waals surface area contributed by atoms with E-state index >= 15 is 0 Å². The van der Waals surface area contributed by atoms with Gasteiger partial charge in [0.2, 0.25) is 5.91 Å². The third-order valence-corrected chi connectivity index (χ3v) is 6.89. The first kappa shape index (κ1) is 28.1. The van der Waals surface area contributed by atoms with Gasteiger partial charge in [-0.2, -0.15) is 0 Å². The molecule has 1 N–H and O–H groups in total. The van der Waals surface area contributed by atoms with Crippen LogP contribution in [0.3, 0.4) is 0 Å². The first-order valence-electron chi connectivity index (χ1n) is 12.2. The normalized spacial score (nSPS) is 18.4. The number of carbonyl (C=O) groups excluding carboxylic acids is 2. The van der Waals surface area contributed by atoms with Crippen molar-refractivity contribution in [2.75, 3.05) is 0 Å². The lowest BCUT2D eigenvalue weighted by atomic mass is 9.80. The Morgan fingerprint density at radius 1 is 0.862 bits per heavy atom. The zero-order valence-corrected chi connectivity index (χ0v) is 21.0. The minimum absolute atomic E-state index is 0.0283. The van der Waals surface area contributed by atoms with Crippen molar-refractivity contribution in [3.63, 3.8) is 0 Å². The minimum Gasteiger partial charge on any atom is -0.350 e. The fourth-order valence-corrected chi connectivity index (χ4v) is 4.39. The monoisotopic (exact) mass is 409 g/mol. The largest absolute Gasteiger partial charge is 0.350 e. The fraction of sp³-hybridized carbons (Fsp3) is 0.923. The molecule has 0 heterocycles. The topological polar surface area (TPSA) is 46.2 Å². The Hall–Kier alpha value is -0.860. The molecule has 0 spiro atoms. The molecular weight excluding hydrogens is 358 g/mol. The maximum Gasteiger partial charge on any atom is 0.223 e. The van der Waals surface area contributed by atoms with E-state index in [0.717, 1.165) is 25.0 Å². The molecular formula is C26H51NO2. The molecule has 6 atom stereocenters. The molecule has 0 saturated carbocycles. The Kier molecular flexibility index (Phi) is 13.8. The lowest BCUT2D eigenvalue weighted by molar-refractivity contribution is -0.129. The van der Waals surface area contributed by atoms with Crippen LogP contribution in [0.4, 0.5) is 0 Å². The van der Waals surface area contributed by atoms with Crippen LogP contribution < -0.4 is 5.32 Å². The van der Waals surface area contributed by atoms with Crippen LogP contribution in [-0.2, 0) is 9.59 Å². The summed E-state index contributed by atoms with van der Waals surface area (Å²) in [6, 6.07) is 0. The molecule has 0 aromatic carbocycles. The predicted molar refractivity (Wildman–Crippen MR) is 126 cm³/mol. The van der Waals surface area contributed by atoms with E-state index in [1.54, 1.807) is 0 Å². The van der Waals surface area contributed by atoms with E-state index in [0.29, 0.717) is 17.8 Å². The maximum absolute atomic E-state index is 13.2. The SMILES string of the molecule is CCCCC(C)CC(C)CC(CC(C)CC(C)CC)C(=O)NC(C)(C)C(C)C=O. The molecule has 0 bridgehead atoms. The van der Waals surface area contributed by atoms with Crippen LogP contribution in [0.15, 0.2) is 0 Å². The number of amides is 1. The van der Waals surface area contributed by atoms with Gasteiger partial charge in [-0.1, -0.05) is 74.1 Å². The van der Waals surface area contributed by atoms with E-state index < -0.39 is 5.54 Å². The lowest BCUT2D eigenvalue weighted by Gasteiger charge is -2.33. The molecule has 6 unspecified atom stereocenters. The Labute approximate surface area is 182 Å². The smallest absolute Gasteiger partial charge is 0.223 e. The van der Waals surface area contributed by atoms with Crippen molar-refractivity contribution < 1.29 is 9.59 Å². The van der Waals surface area contributed by atoms with Crippen molar-refractivity contribution in [1.82, 2.24) is 5.32 Å². The highest BCUT2D eigenvalue weighted by molar-refractivity contribution is 5.80. The Morgan fingerprint density at radius 3 is 1.83 bits per heavy atom.